The van der Waals surface area contributed by atoms with Crippen LogP contribution in [0.2, 0.25) is 0 Å². The van der Waals surface area contributed by atoms with Crippen molar-refractivity contribution in [2.24, 2.45) is 0 Å². The molecule has 0 bridgehead atoms. The molecular formula is C13H15BrN2. The van der Waals surface area contributed by atoms with Crippen LogP contribution in [0.4, 0.5) is 0 Å². The molecule has 0 unspecified atom stereocenters. The second-order valence-corrected chi connectivity index (χ2v) is 5.32. The molecule has 2 nitrogen and oxygen atoms in total. The zero-order valence-electron chi connectivity index (χ0n) is 9.25. The maximum atomic E-state index is 4.77. The maximum Gasteiger partial charge on any atom is 0.151 e. The zero-order valence-corrected chi connectivity index (χ0v) is 10.8. The summed E-state index contributed by atoms with van der Waals surface area (Å²) in [6, 6.07) is 4.15. The molecule has 0 aromatic carbocycles. The summed E-state index contributed by atoms with van der Waals surface area (Å²) in [5.41, 5.74) is 3.82. The summed E-state index contributed by atoms with van der Waals surface area (Å²) in [5.74, 6) is 0. The van der Waals surface area contributed by atoms with E-state index >= 15 is 0 Å². The summed E-state index contributed by atoms with van der Waals surface area (Å²) >= 11 is 3.58. The smallest absolute Gasteiger partial charge is 0.151 e. The van der Waals surface area contributed by atoms with Crippen LogP contribution in [0.25, 0.3) is 5.65 Å². The molecule has 0 atom stereocenters. The van der Waals surface area contributed by atoms with Crippen molar-refractivity contribution in [2.75, 3.05) is 0 Å². The molecule has 2 aromatic rings. The lowest BCUT2D eigenvalue weighted by atomic mass is 10.0. The third-order valence-corrected chi connectivity index (χ3v) is 3.98. The third-order valence-electron chi connectivity index (χ3n) is 3.36. The highest BCUT2D eigenvalue weighted by Crippen LogP contribution is 2.25. The average molecular weight is 279 g/mol. The molecule has 3 heteroatoms. The fourth-order valence-electron chi connectivity index (χ4n) is 2.53. The molecule has 2 aromatic heterocycles. The van der Waals surface area contributed by atoms with Crippen LogP contribution in [-0.4, -0.2) is 9.38 Å². The van der Waals surface area contributed by atoms with Crippen LogP contribution in [0.5, 0.6) is 0 Å². The molecule has 3 rings (SSSR count). The van der Waals surface area contributed by atoms with Crippen molar-refractivity contribution in [3.63, 3.8) is 0 Å². The summed E-state index contributed by atoms with van der Waals surface area (Å²) in [6.45, 7) is 0. The number of aryl methyl sites for hydroxylation is 2. The van der Waals surface area contributed by atoms with E-state index < -0.39 is 0 Å². The van der Waals surface area contributed by atoms with Gasteiger partial charge in [-0.1, -0.05) is 12.8 Å². The van der Waals surface area contributed by atoms with Crippen molar-refractivity contribution < 1.29 is 0 Å². The average Bonchev–Trinajstić information content (AvgIpc) is 2.57. The van der Waals surface area contributed by atoms with Crippen LogP contribution in [-0.2, 0) is 12.8 Å². The maximum absolute atomic E-state index is 4.77. The molecule has 0 aliphatic heterocycles. The van der Waals surface area contributed by atoms with E-state index in [1.165, 1.54) is 43.5 Å². The van der Waals surface area contributed by atoms with Crippen LogP contribution in [0.1, 0.15) is 37.1 Å². The summed E-state index contributed by atoms with van der Waals surface area (Å²) in [7, 11) is 0. The van der Waals surface area contributed by atoms with E-state index in [1.54, 1.807) is 0 Å². The molecule has 0 saturated heterocycles. The van der Waals surface area contributed by atoms with E-state index in [1.807, 2.05) is 0 Å². The number of imidazole rings is 1. The van der Waals surface area contributed by atoms with Crippen LogP contribution in [0.3, 0.4) is 0 Å². The van der Waals surface area contributed by atoms with Crippen LogP contribution < -0.4 is 0 Å². The summed E-state index contributed by atoms with van der Waals surface area (Å²) in [6.07, 6.45) is 9.75. The fraction of sp³-hybridized carbons (Fsp3) is 0.462. The van der Waals surface area contributed by atoms with Crippen LogP contribution in [0.15, 0.2) is 22.8 Å². The lowest BCUT2D eigenvalue weighted by molar-refractivity contribution is 0.605. The van der Waals surface area contributed by atoms with Crippen molar-refractivity contribution >= 4 is 21.6 Å². The molecule has 0 spiro atoms. The van der Waals surface area contributed by atoms with Gasteiger partial charge in [0.1, 0.15) is 0 Å². The van der Waals surface area contributed by atoms with Gasteiger partial charge in [0.05, 0.1) is 10.2 Å². The highest BCUT2D eigenvalue weighted by atomic mass is 79.9. The van der Waals surface area contributed by atoms with E-state index in [9.17, 15) is 0 Å². The van der Waals surface area contributed by atoms with Crippen LogP contribution >= 0.6 is 15.9 Å². The van der Waals surface area contributed by atoms with Gasteiger partial charge in [-0.2, -0.15) is 0 Å². The molecule has 0 saturated carbocycles. The van der Waals surface area contributed by atoms with E-state index in [2.05, 4.69) is 38.7 Å². The number of pyridine rings is 1. The zero-order chi connectivity index (χ0) is 11.0. The summed E-state index contributed by atoms with van der Waals surface area (Å²) in [5, 5.41) is 0. The predicted molar refractivity (Wildman–Crippen MR) is 68.8 cm³/mol. The van der Waals surface area contributed by atoms with Crippen molar-refractivity contribution in [2.45, 2.75) is 38.5 Å². The van der Waals surface area contributed by atoms with Crippen molar-refractivity contribution in [1.82, 2.24) is 9.38 Å². The Morgan fingerprint density at radius 3 is 2.81 bits per heavy atom. The monoisotopic (exact) mass is 278 g/mol. The normalized spacial score (nSPS) is 16.8. The van der Waals surface area contributed by atoms with Crippen molar-refractivity contribution in [3.8, 4) is 0 Å². The SMILES string of the molecule is Brc1cccn2c3c(nc12)CCCCCC3. The van der Waals surface area contributed by atoms with Gasteiger partial charge in [0.15, 0.2) is 5.65 Å². The Labute approximate surface area is 104 Å². The van der Waals surface area contributed by atoms with Crippen LogP contribution in [0, 0.1) is 0 Å². The minimum Gasteiger partial charge on any atom is -0.303 e. The largest absolute Gasteiger partial charge is 0.303 e. The number of hydrogen-bond acceptors (Lipinski definition) is 1. The Kier molecular flexibility index (Phi) is 2.72. The quantitative estimate of drug-likeness (QED) is 0.717. The molecule has 1 aliphatic rings. The molecule has 0 amide bonds. The molecular weight excluding hydrogens is 264 g/mol. The van der Waals surface area contributed by atoms with Gasteiger partial charge in [0.2, 0.25) is 0 Å². The Balaban J connectivity index is 2.20. The second-order valence-electron chi connectivity index (χ2n) is 4.47. The Hall–Kier alpha value is -0.830. The molecule has 0 radical (unpaired) electrons. The molecule has 2 heterocycles. The van der Waals surface area contributed by atoms with E-state index in [0.29, 0.717) is 0 Å². The second kappa shape index (κ2) is 4.21. The number of nitrogens with zero attached hydrogens (tertiary/aromatic N) is 2. The molecule has 0 fully saturated rings. The first-order valence-electron chi connectivity index (χ1n) is 6.00. The predicted octanol–water partition coefficient (Wildman–Crippen LogP) is 3.76. The number of aromatic nitrogens is 2. The topological polar surface area (TPSA) is 17.3 Å². The fourth-order valence-corrected chi connectivity index (χ4v) is 2.97. The Morgan fingerprint density at radius 1 is 1.12 bits per heavy atom. The first kappa shape index (κ1) is 10.3. The van der Waals surface area contributed by atoms with Gasteiger partial charge >= 0.3 is 0 Å². The molecule has 16 heavy (non-hydrogen) atoms. The number of halogens is 1. The van der Waals surface area contributed by atoms with E-state index in [4.69, 9.17) is 4.98 Å². The van der Waals surface area contributed by atoms with Crippen molar-refractivity contribution in [1.29, 1.82) is 0 Å². The van der Waals surface area contributed by atoms with Gasteiger partial charge in [0.25, 0.3) is 0 Å². The minimum absolute atomic E-state index is 1.08. The van der Waals surface area contributed by atoms with Gasteiger partial charge in [0, 0.05) is 11.9 Å². The van der Waals surface area contributed by atoms with Gasteiger partial charge in [-0.15, -0.1) is 0 Å². The number of fused-ring (bicyclic) bond motifs is 3. The van der Waals surface area contributed by atoms with Gasteiger partial charge < -0.3 is 4.40 Å². The Bertz CT molecular complexity index is 516. The van der Waals surface area contributed by atoms with Gasteiger partial charge in [-0.3, -0.25) is 0 Å². The third kappa shape index (κ3) is 1.67. The van der Waals surface area contributed by atoms with E-state index in [-0.39, 0.29) is 0 Å². The minimum atomic E-state index is 1.08. The highest BCUT2D eigenvalue weighted by Gasteiger charge is 2.14. The van der Waals surface area contributed by atoms with Gasteiger partial charge in [-0.05, 0) is 53.7 Å². The standard InChI is InChI=1S/C13H15BrN2/c14-10-6-5-9-16-12-8-4-2-1-3-7-11(12)15-13(10)16/h5-6,9H,1-4,7-8H2. The van der Waals surface area contributed by atoms with E-state index in [0.717, 1.165) is 16.5 Å². The molecule has 0 N–H and O–H groups in total. The first-order valence-corrected chi connectivity index (χ1v) is 6.80. The molecule has 1 aliphatic carbocycles. The number of hydrogen-bond donors (Lipinski definition) is 0. The Morgan fingerprint density at radius 2 is 1.94 bits per heavy atom. The molecule has 84 valence electrons. The highest BCUT2D eigenvalue weighted by molar-refractivity contribution is 9.10. The van der Waals surface area contributed by atoms with Crippen molar-refractivity contribution in [3.05, 3.63) is 34.2 Å². The lowest BCUT2D eigenvalue weighted by Crippen LogP contribution is -2.01. The first-order chi connectivity index (χ1) is 7.86. The summed E-state index contributed by atoms with van der Waals surface area (Å²) in [4.78, 5) is 4.77. The van der Waals surface area contributed by atoms with Gasteiger partial charge in [-0.25, -0.2) is 4.98 Å². The summed E-state index contributed by atoms with van der Waals surface area (Å²) < 4.78 is 3.35. The number of rotatable bonds is 0. The lowest BCUT2D eigenvalue weighted by Gasteiger charge is -2.09.